The first-order valence-corrected chi connectivity index (χ1v) is 11.8. The Morgan fingerprint density at radius 1 is 1.03 bits per heavy atom. The molecule has 2 aromatic heterocycles. The van der Waals surface area contributed by atoms with Crippen LogP contribution in [0.4, 0.5) is 17.4 Å². The molecular weight excluding hydrogens is 414 g/mol. The van der Waals surface area contributed by atoms with E-state index < -0.39 is 0 Å². The molecule has 166 valence electrons. The van der Waals surface area contributed by atoms with Crippen LogP contribution in [0.15, 0.2) is 59.3 Å². The molecule has 0 spiro atoms. The number of rotatable bonds is 4. The van der Waals surface area contributed by atoms with Crippen LogP contribution in [-0.2, 0) is 4.79 Å². The van der Waals surface area contributed by atoms with E-state index in [0.717, 1.165) is 46.4 Å². The molecule has 3 aliphatic rings. The number of aromatic nitrogens is 3. The summed E-state index contributed by atoms with van der Waals surface area (Å²) in [6, 6.07) is 15.3. The minimum absolute atomic E-state index is 0.0177. The number of fused-ring (bicyclic) bond motifs is 2. The highest BCUT2D eigenvalue weighted by molar-refractivity contribution is 6.02. The lowest BCUT2D eigenvalue weighted by atomic mass is 10.0. The molecule has 0 radical (unpaired) electrons. The summed E-state index contributed by atoms with van der Waals surface area (Å²) < 4.78 is 8.22. The number of para-hydroxylation sites is 2. The minimum Gasteiger partial charge on any atom is -0.423 e. The van der Waals surface area contributed by atoms with E-state index in [4.69, 9.17) is 9.40 Å². The lowest BCUT2D eigenvalue weighted by Crippen LogP contribution is -2.49. The van der Waals surface area contributed by atoms with E-state index in [2.05, 4.69) is 46.0 Å². The summed E-state index contributed by atoms with van der Waals surface area (Å²) in [5.41, 5.74) is 5.63. The summed E-state index contributed by atoms with van der Waals surface area (Å²) in [5.74, 6) is 0.392. The van der Waals surface area contributed by atoms with Crippen molar-refractivity contribution in [1.29, 1.82) is 0 Å². The molecule has 0 saturated heterocycles. The van der Waals surface area contributed by atoms with E-state index in [1.165, 1.54) is 12.8 Å². The second-order valence-corrected chi connectivity index (χ2v) is 9.55. The lowest BCUT2D eigenvalue weighted by Gasteiger charge is -2.40. The largest absolute Gasteiger partial charge is 0.423 e. The number of hydrogen-bond donors (Lipinski definition) is 0. The predicted octanol–water partition coefficient (Wildman–Crippen LogP) is 5.31. The lowest BCUT2D eigenvalue weighted by molar-refractivity contribution is -0.120. The maximum absolute atomic E-state index is 13.2. The van der Waals surface area contributed by atoms with Gasteiger partial charge in [-0.05, 0) is 62.4 Å². The van der Waals surface area contributed by atoms with E-state index in [1.807, 2.05) is 35.4 Å². The zero-order chi connectivity index (χ0) is 22.1. The Morgan fingerprint density at radius 2 is 1.88 bits per heavy atom. The van der Waals surface area contributed by atoms with Crippen LogP contribution < -0.4 is 9.80 Å². The van der Waals surface area contributed by atoms with Gasteiger partial charge in [0, 0.05) is 24.2 Å². The normalized spacial score (nSPS) is 20.3. The zero-order valence-electron chi connectivity index (χ0n) is 18.5. The average molecular weight is 440 g/mol. The van der Waals surface area contributed by atoms with Crippen molar-refractivity contribution in [2.45, 2.75) is 44.7 Å². The molecule has 2 saturated carbocycles. The van der Waals surface area contributed by atoms with Crippen molar-refractivity contribution >= 4 is 34.4 Å². The van der Waals surface area contributed by atoms with E-state index in [-0.39, 0.29) is 17.9 Å². The van der Waals surface area contributed by atoms with Crippen molar-refractivity contribution in [3.63, 3.8) is 0 Å². The molecule has 1 unspecified atom stereocenters. The van der Waals surface area contributed by atoms with Crippen LogP contribution in [0, 0.1) is 5.92 Å². The molecular formula is C26H25N5O2. The second kappa shape index (κ2) is 6.94. The van der Waals surface area contributed by atoms with Crippen molar-refractivity contribution in [1.82, 2.24) is 14.8 Å². The number of anilines is 3. The summed E-state index contributed by atoms with van der Waals surface area (Å²) in [4.78, 5) is 22.1. The quantitative estimate of drug-likeness (QED) is 0.431. The van der Waals surface area contributed by atoms with E-state index in [1.54, 1.807) is 0 Å². The Balaban J connectivity index is 1.35. The molecule has 2 aliphatic carbocycles. The van der Waals surface area contributed by atoms with Gasteiger partial charge in [-0.15, -0.1) is 0 Å². The van der Waals surface area contributed by atoms with Gasteiger partial charge in [-0.25, -0.2) is 0 Å². The number of nitrogens with zero attached hydrogens (tertiary/aromatic N) is 5. The standard InChI is InChI=1S/C26H25N5O2/c1-16-14-29(26-28-21-4-2-3-5-24(21)33-26)23-12-18(19-13-27-30(15-19)20-9-10-20)8-11-22(23)31(16)25(32)17-6-7-17/h2-5,8,11-13,15-17,20H,6-7,9-10,14H2,1H3. The van der Waals surface area contributed by atoms with Crippen molar-refractivity contribution in [2.24, 2.45) is 5.92 Å². The maximum Gasteiger partial charge on any atom is 0.303 e. The van der Waals surface area contributed by atoms with Gasteiger partial charge in [0.2, 0.25) is 5.91 Å². The third kappa shape index (κ3) is 3.14. The SMILES string of the molecule is CC1CN(c2nc3ccccc3o2)c2cc(-c3cnn(C4CC4)c3)ccc2N1C(=O)C1CC1. The van der Waals surface area contributed by atoms with Crippen molar-refractivity contribution < 1.29 is 9.21 Å². The minimum atomic E-state index is 0.0177. The third-order valence-electron chi connectivity index (χ3n) is 6.95. The van der Waals surface area contributed by atoms with Gasteiger partial charge < -0.3 is 9.32 Å². The van der Waals surface area contributed by atoms with Gasteiger partial charge in [-0.3, -0.25) is 14.4 Å². The Labute approximate surface area is 191 Å². The maximum atomic E-state index is 13.2. The zero-order valence-corrected chi connectivity index (χ0v) is 18.5. The van der Waals surface area contributed by atoms with Gasteiger partial charge in [-0.2, -0.15) is 10.1 Å². The molecule has 2 fully saturated rings. The van der Waals surface area contributed by atoms with Crippen LogP contribution in [0.25, 0.3) is 22.2 Å². The van der Waals surface area contributed by atoms with Gasteiger partial charge in [-0.1, -0.05) is 18.2 Å². The van der Waals surface area contributed by atoms with Crippen molar-refractivity contribution in [3.05, 3.63) is 54.9 Å². The third-order valence-corrected chi connectivity index (χ3v) is 6.95. The first kappa shape index (κ1) is 18.9. The molecule has 1 amide bonds. The molecule has 7 rings (SSSR count). The van der Waals surface area contributed by atoms with Crippen molar-refractivity contribution in [3.8, 4) is 11.1 Å². The predicted molar refractivity (Wildman–Crippen MR) is 127 cm³/mol. The molecule has 7 nitrogen and oxygen atoms in total. The smallest absolute Gasteiger partial charge is 0.303 e. The van der Waals surface area contributed by atoms with Gasteiger partial charge in [0.25, 0.3) is 0 Å². The summed E-state index contributed by atoms with van der Waals surface area (Å²) in [6.07, 6.45) is 8.44. The number of hydrogen-bond acceptors (Lipinski definition) is 5. The van der Waals surface area contributed by atoms with E-state index in [9.17, 15) is 4.79 Å². The molecule has 4 aromatic rings. The molecule has 2 aromatic carbocycles. The molecule has 0 N–H and O–H groups in total. The first-order chi connectivity index (χ1) is 16.2. The Morgan fingerprint density at radius 3 is 2.67 bits per heavy atom. The van der Waals surface area contributed by atoms with Crippen LogP contribution in [0.1, 0.15) is 38.6 Å². The highest BCUT2D eigenvalue weighted by Gasteiger charge is 2.41. The fraction of sp³-hybridized carbons (Fsp3) is 0.346. The summed E-state index contributed by atoms with van der Waals surface area (Å²) in [7, 11) is 0. The van der Waals surface area contributed by atoms with Crippen LogP contribution in [0.3, 0.4) is 0 Å². The Kier molecular flexibility index (Phi) is 3.98. The van der Waals surface area contributed by atoms with Gasteiger partial charge >= 0.3 is 6.01 Å². The molecule has 33 heavy (non-hydrogen) atoms. The van der Waals surface area contributed by atoms with Crippen LogP contribution in [-0.4, -0.2) is 33.3 Å². The summed E-state index contributed by atoms with van der Waals surface area (Å²) in [6.45, 7) is 2.73. The topological polar surface area (TPSA) is 67.4 Å². The molecule has 3 heterocycles. The fourth-order valence-corrected chi connectivity index (χ4v) is 4.85. The summed E-state index contributed by atoms with van der Waals surface area (Å²) >= 11 is 0. The van der Waals surface area contributed by atoms with Gasteiger partial charge in [0.1, 0.15) is 5.52 Å². The second-order valence-electron chi connectivity index (χ2n) is 9.55. The number of amides is 1. The monoisotopic (exact) mass is 439 g/mol. The van der Waals surface area contributed by atoms with Crippen LogP contribution >= 0.6 is 0 Å². The molecule has 7 heteroatoms. The highest BCUT2D eigenvalue weighted by atomic mass is 16.4. The first-order valence-electron chi connectivity index (χ1n) is 11.8. The Bertz CT molecular complexity index is 1350. The molecule has 0 bridgehead atoms. The van der Waals surface area contributed by atoms with Gasteiger partial charge in [0.05, 0.1) is 29.7 Å². The number of oxazole rings is 1. The Hall–Kier alpha value is -3.61. The number of carbonyl (C=O) groups excluding carboxylic acids is 1. The van der Waals surface area contributed by atoms with Gasteiger partial charge in [0.15, 0.2) is 5.58 Å². The molecule has 1 atom stereocenters. The van der Waals surface area contributed by atoms with Crippen molar-refractivity contribution in [2.75, 3.05) is 16.3 Å². The van der Waals surface area contributed by atoms with Crippen LogP contribution in [0.5, 0.6) is 0 Å². The van der Waals surface area contributed by atoms with Crippen LogP contribution in [0.2, 0.25) is 0 Å². The number of benzene rings is 2. The average Bonchev–Trinajstić information content (AvgIpc) is 3.77. The molecule has 1 aliphatic heterocycles. The van der Waals surface area contributed by atoms with E-state index in [0.29, 0.717) is 18.6 Å². The van der Waals surface area contributed by atoms with E-state index >= 15 is 0 Å². The fourth-order valence-electron chi connectivity index (χ4n) is 4.85. The summed E-state index contributed by atoms with van der Waals surface area (Å²) in [5, 5.41) is 4.57. The highest BCUT2D eigenvalue weighted by Crippen LogP contribution is 2.45. The number of carbonyl (C=O) groups is 1.